The Hall–Kier alpha value is -1.00. The van der Waals surface area contributed by atoms with Crippen LogP contribution in [0.25, 0.3) is 0 Å². The smallest absolute Gasteiger partial charge is 0.352 e. The number of hydrogen-bond acceptors (Lipinski definition) is 2. The lowest BCUT2D eigenvalue weighted by Crippen LogP contribution is -2.30. The van der Waals surface area contributed by atoms with E-state index in [4.69, 9.17) is 16.7 Å². The zero-order valence-corrected chi connectivity index (χ0v) is 11.4. The molecule has 1 aromatic rings. The molecular formula is C13H19ClN2O2. The third kappa shape index (κ3) is 3.27. The molecule has 0 saturated carbocycles. The first-order valence-electron chi connectivity index (χ1n) is 6.34. The second-order valence-corrected chi connectivity index (χ2v) is 5.51. The van der Waals surface area contributed by atoms with Gasteiger partial charge in [0.15, 0.2) is 0 Å². The van der Waals surface area contributed by atoms with E-state index < -0.39 is 5.97 Å². The lowest BCUT2D eigenvalue weighted by atomic mass is 9.94. The van der Waals surface area contributed by atoms with Crippen molar-refractivity contribution in [2.24, 2.45) is 5.92 Å². The number of hydrogen-bond donors (Lipinski definition) is 1. The van der Waals surface area contributed by atoms with Crippen LogP contribution in [0.1, 0.15) is 29.8 Å². The summed E-state index contributed by atoms with van der Waals surface area (Å²) in [5.74, 6) is -0.214. The van der Waals surface area contributed by atoms with Gasteiger partial charge in [0.05, 0.1) is 5.02 Å². The van der Waals surface area contributed by atoms with Gasteiger partial charge in [0, 0.05) is 12.7 Å². The minimum atomic E-state index is -0.912. The Labute approximate surface area is 112 Å². The van der Waals surface area contributed by atoms with Crippen LogP contribution in [0.3, 0.4) is 0 Å². The number of carboxylic acid groups (broad SMARTS) is 1. The minimum Gasteiger partial charge on any atom is -0.477 e. The highest BCUT2D eigenvalue weighted by molar-refractivity contribution is 6.30. The quantitative estimate of drug-likeness (QED) is 0.915. The predicted octanol–water partition coefficient (Wildman–Crippen LogP) is 2.57. The number of aromatic carboxylic acids is 1. The van der Waals surface area contributed by atoms with Gasteiger partial charge in [-0.2, -0.15) is 0 Å². The first-order chi connectivity index (χ1) is 8.56. The van der Waals surface area contributed by atoms with Gasteiger partial charge in [-0.3, -0.25) is 0 Å². The SMILES string of the molecule is CN1CCC(CCn2cc(Cl)cc2C(=O)O)CC1. The number of aryl methyl sites for hydroxylation is 1. The van der Waals surface area contributed by atoms with E-state index in [1.54, 1.807) is 10.8 Å². The van der Waals surface area contributed by atoms with Crippen molar-refractivity contribution in [2.45, 2.75) is 25.8 Å². The monoisotopic (exact) mass is 270 g/mol. The summed E-state index contributed by atoms with van der Waals surface area (Å²) in [5.41, 5.74) is 0.285. The number of halogens is 1. The molecule has 4 nitrogen and oxygen atoms in total. The average molecular weight is 271 g/mol. The second kappa shape index (κ2) is 5.76. The molecule has 1 fully saturated rings. The fourth-order valence-corrected chi connectivity index (χ4v) is 2.73. The highest BCUT2D eigenvalue weighted by Crippen LogP contribution is 2.22. The predicted molar refractivity (Wildman–Crippen MR) is 71.2 cm³/mol. The van der Waals surface area contributed by atoms with Crippen LogP contribution in [0.2, 0.25) is 5.02 Å². The summed E-state index contributed by atoms with van der Waals surface area (Å²) in [6.07, 6.45) is 5.14. The third-order valence-corrected chi connectivity index (χ3v) is 3.91. The van der Waals surface area contributed by atoms with E-state index in [9.17, 15) is 4.79 Å². The summed E-state index contributed by atoms with van der Waals surface area (Å²) in [4.78, 5) is 13.4. The summed E-state index contributed by atoms with van der Waals surface area (Å²) in [6.45, 7) is 3.02. The molecule has 5 heteroatoms. The lowest BCUT2D eigenvalue weighted by molar-refractivity contribution is 0.0684. The van der Waals surface area contributed by atoms with E-state index in [0.717, 1.165) is 26.1 Å². The van der Waals surface area contributed by atoms with E-state index >= 15 is 0 Å². The molecule has 1 N–H and O–H groups in total. The zero-order chi connectivity index (χ0) is 13.1. The molecule has 0 aliphatic carbocycles. The number of likely N-dealkylation sites (tertiary alicyclic amines) is 1. The Morgan fingerprint density at radius 1 is 1.50 bits per heavy atom. The maximum Gasteiger partial charge on any atom is 0.352 e. The van der Waals surface area contributed by atoms with Crippen LogP contribution >= 0.6 is 11.6 Å². The molecule has 18 heavy (non-hydrogen) atoms. The Morgan fingerprint density at radius 2 is 2.17 bits per heavy atom. The summed E-state index contributed by atoms with van der Waals surface area (Å²) < 4.78 is 1.75. The van der Waals surface area contributed by atoms with Gasteiger partial charge in [0.25, 0.3) is 0 Å². The number of piperidine rings is 1. The zero-order valence-electron chi connectivity index (χ0n) is 10.6. The van der Waals surface area contributed by atoms with Crippen molar-refractivity contribution in [3.05, 3.63) is 23.0 Å². The minimum absolute atomic E-state index is 0.285. The van der Waals surface area contributed by atoms with Crippen LogP contribution in [0.4, 0.5) is 0 Å². The third-order valence-electron chi connectivity index (χ3n) is 3.70. The molecule has 0 atom stereocenters. The van der Waals surface area contributed by atoms with Crippen molar-refractivity contribution >= 4 is 17.6 Å². The fourth-order valence-electron chi connectivity index (χ4n) is 2.51. The van der Waals surface area contributed by atoms with E-state index in [1.165, 1.54) is 18.9 Å². The molecule has 0 radical (unpaired) electrons. The maximum atomic E-state index is 11.0. The average Bonchev–Trinajstić information content (AvgIpc) is 2.70. The summed E-state index contributed by atoms with van der Waals surface area (Å²) in [5, 5.41) is 9.56. The van der Waals surface area contributed by atoms with Crippen LogP contribution in [-0.4, -0.2) is 40.7 Å². The number of carbonyl (C=O) groups is 1. The Kier molecular flexibility index (Phi) is 4.30. The normalized spacial score (nSPS) is 18.1. The van der Waals surface area contributed by atoms with Gasteiger partial charge in [-0.25, -0.2) is 4.79 Å². The number of carboxylic acids is 1. The van der Waals surface area contributed by atoms with Crippen molar-refractivity contribution < 1.29 is 9.90 Å². The molecule has 0 bridgehead atoms. The van der Waals surface area contributed by atoms with Crippen LogP contribution in [-0.2, 0) is 6.54 Å². The Morgan fingerprint density at radius 3 is 2.78 bits per heavy atom. The van der Waals surface area contributed by atoms with Gasteiger partial charge in [0.1, 0.15) is 5.69 Å². The van der Waals surface area contributed by atoms with Gasteiger partial charge in [0.2, 0.25) is 0 Å². The van der Waals surface area contributed by atoms with E-state index in [2.05, 4.69) is 11.9 Å². The molecule has 0 spiro atoms. The van der Waals surface area contributed by atoms with E-state index in [1.807, 2.05) is 0 Å². The van der Waals surface area contributed by atoms with Crippen molar-refractivity contribution in [3.8, 4) is 0 Å². The van der Waals surface area contributed by atoms with Gasteiger partial charge >= 0.3 is 5.97 Å². The Balaban J connectivity index is 1.92. The molecule has 2 heterocycles. The van der Waals surface area contributed by atoms with E-state index in [0.29, 0.717) is 10.9 Å². The summed E-state index contributed by atoms with van der Waals surface area (Å²) >= 11 is 5.86. The van der Waals surface area contributed by atoms with Crippen molar-refractivity contribution in [1.29, 1.82) is 0 Å². The van der Waals surface area contributed by atoms with Crippen LogP contribution < -0.4 is 0 Å². The molecule has 1 aliphatic rings. The highest BCUT2D eigenvalue weighted by atomic mass is 35.5. The molecule has 1 aromatic heterocycles. The molecule has 0 aromatic carbocycles. The molecular weight excluding hydrogens is 252 g/mol. The van der Waals surface area contributed by atoms with E-state index in [-0.39, 0.29) is 5.69 Å². The van der Waals surface area contributed by atoms with Crippen LogP contribution in [0.5, 0.6) is 0 Å². The van der Waals surface area contributed by atoms with Crippen molar-refractivity contribution in [2.75, 3.05) is 20.1 Å². The molecule has 100 valence electrons. The largest absolute Gasteiger partial charge is 0.477 e. The van der Waals surface area contributed by atoms with Gasteiger partial charge < -0.3 is 14.6 Å². The van der Waals surface area contributed by atoms with Crippen molar-refractivity contribution in [3.63, 3.8) is 0 Å². The summed E-state index contributed by atoms with van der Waals surface area (Å²) in [6, 6.07) is 1.51. The molecule has 0 unspecified atom stereocenters. The Bertz CT molecular complexity index is 423. The standard InChI is InChI=1S/C13H19ClN2O2/c1-15-5-2-10(3-6-15)4-7-16-9-11(14)8-12(16)13(17)18/h8-10H,2-7H2,1H3,(H,17,18). The molecule has 2 rings (SSSR count). The fraction of sp³-hybridized carbons (Fsp3) is 0.615. The van der Waals surface area contributed by atoms with Gasteiger partial charge in [-0.05, 0) is 51.4 Å². The highest BCUT2D eigenvalue weighted by Gasteiger charge is 2.18. The maximum absolute atomic E-state index is 11.0. The lowest BCUT2D eigenvalue weighted by Gasteiger charge is -2.29. The van der Waals surface area contributed by atoms with Crippen LogP contribution in [0.15, 0.2) is 12.3 Å². The van der Waals surface area contributed by atoms with Gasteiger partial charge in [-0.1, -0.05) is 11.6 Å². The molecule has 0 amide bonds. The van der Waals surface area contributed by atoms with Gasteiger partial charge in [-0.15, -0.1) is 0 Å². The van der Waals surface area contributed by atoms with Crippen LogP contribution in [0, 0.1) is 5.92 Å². The first kappa shape index (κ1) is 13.4. The van der Waals surface area contributed by atoms with Crippen molar-refractivity contribution in [1.82, 2.24) is 9.47 Å². The molecule has 1 aliphatic heterocycles. The topological polar surface area (TPSA) is 45.5 Å². The summed E-state index contributed by atoms with van der Waals surface area (Å²) in [7, 11) is 2.14. The number of nitrogens with zero attached hydrogens (tertiary/aromatic N) is 2. The number of aromatic nitrogens is 1. The first-order valence-corrected chi connectivity index (χ1v) is 6.71. The second-order valence-electron chi connectivity index (χ2n) is 5.08. The molecule has 1 saturated heterocycles. The number of rotatable bonds is 4.